The lowest BCUT2D eigenvalue weighted by Crippen LogP contribution is -2.05. The third kappa shape index (κ3) is 2.77. The number of nitro groups is 1. The predicted molar refractivity (Wildman–Crippen MR) is 131 cm³/mol. The largest absolute Gasteiger partial charge is 0.309 e. The molecule has 4 nitrogen and oxygen atoms in total. The summed E-state index contributed by atoms with van der Waals surface area (Å²) in [5, 5.41) is 16.3. The zero-order chi connectivity index (χ0) is 21.7. The fraction of sp³-hybridized carbons (Fsp3) is 0.0714. The Morgan fingerprint density at radius 2 is 1.50 bits per heavy atom. The van der Waals surface area contributed by atoms with Gasteiger partial charge in [-0.3, -0.25) is 10.1 Å². The normalized spacial score (nSPS) is 14.0. The molecule has 0 saturated heterocycles. The van der Waals surface area contributed by atoms with Crippen LogP contribution in [0.3, 0.4) is 0 Å². The van der Waals surface area contributed by atoms with Gasteiger partial charge < -0.3 is 4.57 Å². The Hall–Kier alpha value is -4.18. The molecule has 1 heterocycles. The van der Waals surface area contributed by atoms with Crippen molar-refractivity contribution in [3.05, 3.63) is 118 Å². The molecule has 1 aliphatic rings. The molecule has 4 heteroatoms. The van der Waals surface area contributed by atoms with Crippen LogP contribution in [-0.2, 0) is 0 Å². The molecule has 0 saturated carbocycles. The Balaban J connectivity index is 1.69. The maximum absolute atomic E-state index is 11.8. The first kappa shape index (κ1) is 18.6. The Labute approximate surface area is 184 Å². The Morgan fingerprint density at radius 1 is 0.750 bits per heavy atom. The first-order valence-corrected chi connectivity index (χ1v) is 10.8. The van der Waals surface area contributed by atoms with Crippen LogP contribution in [0.4, 0.5) is 0 Å². The molecule has 0 radical (unpaired) electrons. The smallest absolute Gasteiger partial charge is 0.272 e. The lowest BCUT2D eigenvalue weighted by atomic mass is 9.93. The Kier molecular flexibility index (Phi) is 4.18. The SMILES string of the molecule is O=[N+]([O-])C1=CCCC=C1c1cccc2c1c1ccccc1n2-c1ccc2ccccc2c1. The Bertz CT molecular complexity index is 1600. The predicted octanol–water partition coefficient (Wildman–Crippen LogP) is 7.27. The van der Waals surface area contributed by atoms with Crippen molar-refractivity contribution in [2.75, 3.05) is 0 Å². The van der Waals surface area contributed by atoms with Gasteiger partial charge >= 0.3 is 0 Å². The third-order valence-electron chi connectivity index (χ3n) is 6.30. The molecule has 154 valence electrons. The van der Waals surface area contributed by atoms with Crippen molar-refractivity contribution in [1.29, 1.82) is 0 Å². The number of para-hydroxylation sites is 1. The summed E-state index contributed by atoms with van der Waals surface area (Å²) in [7, 11) is 0. The van der Waals surface area contributed by atoms with Gasteiger partial charge in [0.1, 0.15) is 0 Å². The minimum absolute atomic E-state index is 0.200. The van der Waals surface area contributed by atoms with Crippen LogP contribution in [0.15, 0.2) is 103 Å². The number of hydrogen-bond acceptors (Lipinski definition) is 2. The van der Waals surface area contributed by atoms with E-state index in [0.717, 1.165) is 39.5 Å². The highest BCUT2D eigenvalue weighted by molar-refractivity contribution is 6.14. The van der Waals surface area contributed by atoms with E-state index in [1.54, 1.807) is 6.08 Å². The zero-order valence-corrected chi connectivity index (χ0v) is 17.4. The zero-order valence-electron chi connectivity index (χ0n) is 17.4. The second kappa shape index (κ2) is 7.20. The van der Waals surface area contributed by atoms with Crippen molar-refractivity contribution in [2.45, 2.75) is 12.8 Å². The standard InChI is InChI=1S/C28H20N2O2/c31-30(32)26-14-6-3-10-22(26)23-12-7-15-27-28(23)24-11-4-5-13-25(24)29(27)21-17-16-19-8-1-2-9-20(19)18-21/h1-2,4-5,7-18H,3,6H2. The highest BCUT2D eigenvalue weighted by Gasteiger charge is 2.25. The third-order valence-corrected chi connectivity index (χ3v) is 6.30. The molecule has 0 unspecified atom stereocenters. The molecule has 5 aromatic rings. The molecule has 0 amide bonds. The molecule has 0 bridgehead atoms. The summed E-state index contributed by atoms with van der Waals surface area (Å²) in [6.07, 6.45) is 5.27. The quantitative estimate of drug-likeness (QED) is 0.229. The van der Waals surface area contributed by atoms with Crippen LogP contribution in [-0.4, -0.2) is 9.49 Å². The van der Waals surface area contributed by atoms with E-state index in [1.165, 1.54) is 10.8 Å². The van der Waals surface area contributed by atoms with Gasteiger partial charge in [-0.15, -0.1) is 0 Å². The molecule has 0 aliphatic heterocycles. The van der Waals surface area contributed by atoms with E-state index in [-0.39, 0.29) is 10.6 Å². The second-order valence-electron chi connectivity index (χ2n) is 8.13. The van der Waals surface area contributed by atoms with Crippen molar-refractivity contribution in [1.82, 2.24) is 4.57 Å². The van der Waals surface area contributed by atoms with Gasteiger partial charge in [-0.05, 0) is 59.5 Å². The van der Waals surface area contributed by atoms with Gasteiger partial charge in [-0.25, -0.2) is 0 Å². The number of hydrogen-bond donors (Lipinski definition) is 0. The average Bonchev–Trinajstić information content (AvgIpc) is 3.18. The van der Waals surface area contributed by atoms with Crippen molar-refractivity contribution in [2.24, 2.45) is 0 Å². The number of nitrogens with zero attached hydrogens (tertiary/aromatic N) is 2. The number of fused-ring (bicyclic) bond motifs is 4. The van der Waals surface area contributed by atoms with Gasteiger partial charge in [0.25, 0.3) is 5.70 Å². The van der Waals surface area contributed by atoms with E-state index in [2.05, 4.69) is 59.2 Å². The van der Waals surface area contributed by atoms with Crippen LogP contribution in [0.1, 0.15) is 18.4 Å². The molecule has 6 rings (SSSR count). The van der Waals surface area contributed by atoms with E-state index < -0.39 is 0 Å². The molecule has 32 heavy (non-hydrogen) atoms. The maximum Gasteiger partial charge on any atom is 0.272 e. The van der Waals surface area contributed by atoms with Crippen LogP contribution >= 0.6 is 0 Å². The molecule has 0 N–H and O–H groups in total. The summed E-state index contributed by atoms with van der Waals surface area (Å²) in [4.78, 5) is 11.5. The minimum Gasteiger partial charge on any atom is -0.309 e. The fourth-order valence-electron chi connectivity index (χ4n) is 4.92. The topological polar surface area (TPSA) is 48.1 Å². The molecule has 1 aliphatic carbocycles. The Morgan fingerprint density at radius 3 is 2.38 bits per heavy atom. The lowest BCUT2D eigenvalue weighted by molar-refractivity contribution is -0.417. The van der Waals surface area contributed by atoms with Crippen molar-refractivity contribution in [3.63, 3.8) is 0 Å². The molecular weight excluding hydrogens is 396 g/mol. The molecule has 0 spiro atoms. The van der Waals surface area contributed by atoms with Crippen LogP contribution in [0.2, 0.25) is 0 Å². The molecule has 0 fully saturated rings. The summed E-state index contributed by atoms with van der Waals surface area (Å²) < 4.78 is 2.26. The van der Waals surface area contributed by atoms with Crippen LogP contribution in [0, 0.1) is 10.1 Å². The van der Waals surface area contributed by atoms with Crippen molar-refractivity contribution < 1.29 is 4.92 Å². The molecule has 0 atom stereocenters. The van der Waals surface area contributed by atoms with Crippen LogP contribution in [0.25, 0.3) is 43.8 Å². The maximum atomic E-state index is 11.8. The van der Waals surface area contributed by atoms with E-state index in [1.807, 2.05) is 36.4 Å². The van der Waals surface area contributed by atoms with Gasteiger partial charge in [0.2, 0.25) is 0 Å². The first-order chi connectivity index (χ1) is 15.7. The summed E-state index contributed by atoms with van der Waals surface area (Å²) in [6, 6.07) is 29.2. The molecule has 4 aromatic carbocycles. The van der Waals surface area contributed by atoms with E-state index >= 15 is 0 Å². The average molecular weight is 416 g/mol. The van der Waals surface area contributed by atoms with Crippen LogP contribution in [0.5, 0.6) is 0 Å². The monoisotopic (exact) mass is 416 g/mol. The molecular formula is C28H20N2O2. The number of rotatable bonds is 3. The molecule has 1 aromatic heterocycles. The number of benzene rings is 4. The van der Waals surface area contributed by atoms with Gasteiger partial charge in [-0.1, -0.05) is 66.7 Å². The summed E-state index contributed by atoms with van der Waals surface area (Å²) in [5.74, 6) is 0. The van der Waals surface area contributed by atoms with Gasteiger partial charge in [0.05, 0.1) is 21.5 Å². The summed E-state index contributed by atoms with van der Waals surface area (Å²) in [5.41, 5.74) is 5.05. The number of allylic oxidation sites excluding steroid dienone is 3. The highest BCUT2D eigenvalue weighted by atomic mass is 16.6. The van der Waals surface area contributed by atoms with Crippen molar-refractivity contribution in [3.8, 4) is 5.69 Å². The minimum atomic E-state index is -0.258. The van der Waals surface area contributed by atoms with E-state index in [9.17, 15) is 10.1 Å². The van der Waals surface area contributed by atoms with Crippen molar-refractivity contribution >= 4 is 38.2 Å². The van der Waals surface area contributed by atoms with E-state index in [0.29, 0.717) is 12.0 Å². The van der Waals surface area contributed by atoms with Gasteiger partial charge in [-0.2, -0.15) is 0 Å². The summed E-state index contributed by atoms with van der Waals surface area (Å²) >= 11 is 0. The fourth-order valence-corrected chi connectivity index (χ4v) is 4.92. The van der Waals surface area contributed by atoms with Gasteiger partial charge in [0.15, 0.2) is 0 Å². The summed E-state index contributed by atoms with van der Waals surface area (Å²) in [6.45, 7) is 0. The highest BCUT2D eigenvalue weighted by Crippen LogP contribution is 2.40. The lowest BCUT2D eigenvalue weighted by Gasteiger charge is -2.12. The number of aromatic nitrogens is 1. The van der Waals surface area contributed by atoms with Crippen LogP contribution < -0.4 is 0 Å². The van der Waals surface area contributed by atoms with E-state index in [4.69, 9.17) is 0 Å². The second-order valence-corrected chi connectivity index (χ2v) is 8.13. The van der Waals surface area contributed by atoms with Gasteiger partial charge in [0, 0.05) is 16.5 Å². The first-order valence-electron chi connectivity index (χ1n) is 10.8.